The first-order valence-corrected chi connectivity index (χ1v) is 4.96. The second-order valence-electron chi connectivity index (χ2n) is 3.50. The molecule has 0 aliphatic heterocycles. The van der Waals surface area contributed by atoms with Crippen molar-refractivity contribution in [2.75, 3.05) is 0 Å². The van der Waals surface area contributed by atoms with Crippen molar-refractivity contribution >= 4 is 10.9 Å². The SMILES string of the molecule is CCCCc1ccc2cc[nH]c2c1. The smallest absolute Gasteiger partial charge is 0.0456 e. The first kappa shape index (κ1) is 8.36. The molecule has 0 amide bonds. The molecule has 0 bridgehead atoms. The summed E-state index contributed by atoms with van der Waals surface area (Å²) in [6.07, 6.45) is 5.74. The lowest BCUT2D eigenvalue weighted by atomic mass is 10.1. The van der Waals surface area contributed by atoms with Crippen molar-refractivity contribution in [3.8, 4) is 0 Å². The molecular weight excluding hydrogens is 158 g/mol. The third-order valence-electron chi connectivity index (χ3n) is 2.44. The highest BCUT2D eigenvalue weighted by Gasteiger charge is 1.96. The number of fused-ring (bicyclic) bond motifs is 1. The minimum Gasteiger partial charge on any atom is -0.361 e. The largest absolute Gasteiger partial charge is 0.361 e. The van der Waals surface area contributed by atoms with E-state index in [-0.39, 0.29) is 0 Å². The lowest BCUT2D eigenvalue weighted by molar-refractivity contribution is 0.796. The summed E-state index contributed by atoms with van der Waals surface area (Å²) in [6.45, 7) is 2.23. The Morgan fingerprint density at radius 3 is 3.00 bits per heavy atom. The van der Waals surface area contributed by atoms with E-state index >= 15 is 0 Å². The second kappa shape index (κ2) is 3.65. The van der Waals surface area contributed by atoms with Gasteiger partial charge in [-0.25, -0.2) is 0 Å². The number of hydrogen-bond donors (Lipinski definition) is 1. The number of aryl methyl sites for hydroxylation is 1. The zero-order valence-electron chi connectivity index (χ0n) is 8.01. The van der Waals surface area contributed by atoms with Crippen molar-refractivity contribution in [2.24, 2.45) is 0 Å². The fourth-order valence-corrected chi connectivity index (χ4v) is 1.63. The lowest BCUT2D eigenvalue weighted by Crippen LogP contribution is -1.83. The molecule has 0 unspecified atom stereocenters. The quantitative estimate of drug-likeness (QED) is 0.731. The topological polar surface area (TPSA) is 15.8 Å². The zero-order valence-corrected chi connectivity index (χ0v) is 8.01. The van der Waals surface area contributed by atoms with Gasteiger partial charge in [0.2, 0.25) is 0 Å². The van der Waals surface area contributed by atoms with Crippen LogP contribution in [-0.2, 0) is 6.42 Å². The summed E-state index contributed by atoms with van der Waals surface area (Å²) in [5, 5.41) is 1.31. The van der Waals surface area contributed by atoms with E-state index < -0.39 is 0 Å². The molecule has 1 N–H and O–H groups in total. The van der Waals surface area contributed by atoms with Gasteiger partial charge in [-0.15, -0.1) is 0 Å². The Bertz CT molecular complexity index is 387. The Kier molecular flexibility index (Phi) is 2.35. The van der Waals surface area contributed by atoms with Crippen LogP contribution in [0.15, 0.2) is 30.5 Å². The number of benzene rings is 1. The van der Waals surface area contributed by atoms with E-state index in [4.69, 9.17) is 0 Å². The molecule has 1 heterocycles. The van der Waals surface area contributed by atoms with Gasteiger partial charge in [0, 0.05) is 11.7 Å². The van der Waals surface area contributed by atoms with Crippen LogP contribution in [0.3, 0.4) is 0 Å². The van der Waals surface area contributed by atoms with E-state index in [1.807, 2.05) is 6.20 Å². The predicted molar refractivity (Wildman–Crippen MR) is 56.9 cm³/mol. The van der Waals surface area contributed by atoms with Crippen molar-refractivity contribution in [2.45, 2.75) is 26.2 Å². The number of unbranched alkanes of at least 4 members (excludes halogenated alkanes) is 1. The number of H-pyrrole nitrogens is 1. The normalized spacial score (nSPS) is 10.8. The molecule has 1 nitrogen and oxygen atoms in total. The van der Waals surface area contributed by atoms with E-state index in [2.05, 4.69) is 36.2 Å². The zero-order chi connectivity index (χ0) is 9.10. The third-order valence-corrected chi connectivity index (χ3v) is 2.44. The number of rotatable bonds is 3. The molecule has 0 fully saturated rings. The van der Waals surface area contributed by atoms with Crippen molar-refractivity contribution in [1.29, 1.82) is 0 Å². The fourth-order valence-electron chi connectivity index (χ4n) is 1.63. The van der Waals surface area contributed by atoms with Crippen LogP contribution in [-0.4, -0.2) is 4.98 Å². The molecule has 0 aliphatic carbocycles. The minimum absolute atomic E-state index is 1.20. The van der Waals surface area contributed by atoms with Gasteiger partial charge in [-0.05, 0) is 35.9 Å². The van der Waals surface area contributed by atoms with E-state index in [1.165, 1.54) is 35.7 Å². The third kappa shape index (κ3) is 1.74. The molecule has 1 aromatic carbocycles. The molecule has 1 heteroatoms. The van der Waals surface area contributed by atoms with Crippen molar-refractivity contribution in [3.63, 3.8) is 0 Å². The molecule has 0 aliphatic rings. The Balaban J connectivity index is 2.26. The number of hydrogen-bond acceptors (Lipinski definition) is 0. The maximum Gasteiger partial charge on any atom is 0.0456 e. The van der Waals surface area contributed by atoms with Crippen molar-refractivity contribution < 1.29 is 0 Å². The van der Waals surface area contributed by atoms with Gasteiger partial charge in [0.15, 0.2) is 0 Å². The number of aromatic amines is 1. The van der Waals surface area contributed by atoms with E-state index in [0.29, 0.717) is 0 Å². The predicted octanol–water partition coefficient (Wildman–Crippen LogP) is 3.51. The van der Waals surface area contributed by atoms with Gasteiger partial charge < -0.3 is 4.98 Å². The van der Waals surface area contributed by atoms with E-state index in [1.54, 1.807) is 0 Å². The van der Waals surface area contributed by atoms with Crippen LogP contribution in [0.5, 0.6) is 0 Å². The van der Waals surface area contributed by atoms with Gasteiger partial charge in [-0.1, -0.05) is 25.5 Å². The van der Waals surface area contributed by atoms with Crippen LogP contribution in [0.2, 0.25) is 0 Å². The van der Waals surface area contributed by atoms with Crippen LogP contribution >= 0.6 is 0 Å². The van der Waals surface area contributed by atoms with Crippen LogP contribution in [0.25, 0.3) is 10.9 Å². The Morgan fingerprint density at radius 1 is 1.23 bits per heavy atom. The van der Waals surface area contributed by atoms with Crippen molar-refractivity contribution in [3.05, 3.63) is 36.0 Å². The standard InChI is InChI=1S/C12H15N/c1-2-3-4-10-5-6-11-7-8-13-12(11)9-10/h5-9,13H,2-4H2,1H3. The molecule has 0 spiro atoms. The van der Waals surface area contributed by atoms with Gasteiger partial charge in [0.25, 0.3) is 0 Å². The van der Waals surface area contributed by atoms with Gasteiger partial charge in [0.05, 0.1) is 0 Å². The van der Waals surface area contributed by atoms with Crippen molar-refractivity contribution in [1.82, 2.24) is 4.98 Å². The molecule has 0 atom stereocenters. The molecule has 1 aromatic heterocycles. The maximum atomic E-state index is 3.24. The summed E-state index contributed by atoms with van der Waals surface area (Å²) in [5.41, 5.74) is 2.70. The number of nitrogens with one attached hydrogen (secondary N) is 1. The summed E-state index contributed by atoms with van der Waals surface area (Å²) >= 11 is 0. The highest BCUT2D eigenvalue weighted by Crippen LogP contribution is 2.15. The molecule has 2 rings (SSSR count). The summed E-state index contributed by atoms with van der Waals surface area (Å²) in [6, 6.07) is 8.78. The first-order valence-electron chi connectivity index (χ1n) is 4.96. The van der Waals surface area contributed by atoms with Crippen LogP contribution in [0.1, 0.15) is 25.3 Å². The average Bonchev–Trinajstić information content (AvgIpc) is 2.61. The maximum absolute atomic E-state index is 3.24. The second-order valence-corrected chi connectivity index (χ2v) is 3.50. The van der Waals surface area contributed by atoms with Gasteiger partial charge in [-0.3, -0.25) is 0 Å². The highest BCUT2D eigenvalue weighted by molar-refractivity contribution is 5.79. The average molecular weight is 173 g/mol. The molecule has 13 heavy (non-hydrogen) atoms. The van der Waals surface area contributed by atoms with E-state index in [9.17, 15) is 0 Å². The van der Waals surface area contributed by atoms with Gasteiger partial charge in [0.1, 0.15) is 0 Å². The number of aromatic nitrogens is 1. The van der Waals surface area contributed by atoms with Gasteiger partial charge >= 0.3 is 0 Å². The van der Waals surface area contributed by atoms with Crippen LogP contribution in [0.4, 0.5) is 0 Å². The van der Waals surface area contributed by atoms with Gasteiger partial charge in [-0.2, -0.15) is 0 Å². The Hall–Kier alpha value is -1.24. The fraction of sp³-hybridized carbons (Fsp3) is 0.333. The molecule has 68 valence electrons. The summed E-state index contributed by atoms with van der Waals surface area (Å²) in [4.78, 5) is 3.24. The highest BCUT2D eigenvalue weighted by atomic mass is 14.7. The Morgan fingerprint density at radius 2 is 2.15 bits per heavy atom. The lowest BCUT2D eigenvalue weighted by Gasteiger charge is -1.99. The summed E-state index contributed by atoms with van der Waals surface area (Å²) < 4.78 is 0. The van der Waals surface area contributed by atoms with Crippen LogP contribution < -0.4 is 0 Å². The summed E-state index contributed by atoms with van der Waals surface area (Å²) in [5.74, 6) is 0. The molecule has 2 aromatic rings. The minimum atomic E-state index is 1.20. The first-order chi connectivity index (χ1) is 6.40. The molecule has 0 radical (unpaired) electrons. The van der Waals surface area contributed by atoms with E-state index in [0.717, 1.165) is 0 Å². The Labute approximate surface area is 78.8 Å². The summed E-state index contributed by atoms with van der Waals surface area (Å²) in [7, 11) is 0. The molecule has 0 saturated heterocycles. The van der Waals surface area contributed by atoms with Crippen LogP contribution in [0, 0.1) is 0 Å². The molecule has 0 saturated carbocycles. The molecular formula is C12H15N. The monoisotopic (exact) mass is 173 g/mol.